The van der Waals surface area contributed by atoms with Gasteiger partial charge in [-0.25, -0.2) is 9.38 Å². The second-order valence-corrected chi connectivity index (χ2v) is 5.55. The first kappa shape index (κ1) is 22.1. The van der Waals surface area contributed by atoms with Crippen molar-refractivity contribution in [1.29, 1.82) is 5.41 Å². The molecule has 0 aromatic heterocycles. The van der Waals surface area contributed by atoms with Gasteiger partial charge in [0.05, 0.1) is 5.69 Å². The van der Waals surface area contributed by atoms with E-state index in [-0.39, 0.29) is 17.3 Å². The van der Waals surface area contributed by atoms with E-state index in [0.717, 1.165) is 18.4 Å². The van der Waals surface area contributed by atoms with Crippen molar-refractivity contribution in [3.8, 4) is 5.75 Å². The fourth-order valence-electron chi connectivity index (χ4n) is 1.77. The molecule has 3 N–H and O–H groups in total. The van der Waals surface area contributed by atoms with Gasteiger partial charge >= 0.3 is 6.36 Å². The number of nitrogens with two attached hydrogens (primary N) is 1. The number of hydrogen-bond acceptors (Lipinski definition) is 3. The van der Waals surface area contributed by atoms with Crippen LogP contribution in [0.2, 0.25) is 0 Å². The van der Waals surface area contributed by atoms with Crippen LogP contribution in [0.4, 0.5) is 23.2 Å². The molecule has 27 heavy (non-hydrogen) atoms. The topological polar surface area (TPSA) is 71.5 Å². The van der Waals surface area contributed by atoms with Gasteiger partial charge in [0, 0.05) is 11.8 Å². The maximum Gasteiger partial charge on any atom is 0.573 e. The second-order valence-electron chi connectivity index (χ2n) is 5.55. The molecule has 0 amide bonds. The van der Waals surface area contributed by atoms with Gasteiger partial charge < -0.3 is 10.5 Å². The zero-order valence-corrected chi connectivity index (χ0v) is 15.0. The molecule has 0 aliphatic carbocycles. The molecule has 146 valence electrons. The van der Waals surface area contributed by atoms with E-state index in [9.17, 15) is 17.6 Å². The number of amidine groups is 1. The normalized spacial score (nSPS) is 11.0. The third-order valence-corrected chi connectivity index (χ3v) is 3.17. The van der Waals surface area contributed by atoms with Crippen LogP contribution in [0.15, 0.2) is 47.5 Å². The summed E-state index contributed by atoms with van der Waals surface area (Å²) in [4.78, 5) is 3.91. The molecule has 0 saturated carbocycles. The number of alkyl halides is 3. The first-order valence-electron chi connectivity index (χ1n) is 8.11. The van der Waals surface area contributed by atoms with E-state index in [1.165, 1.54) is 24.3 Å². The number of nitrogens with one attached hydrogen (secondary N) is 1. The first-order valence-corrected chi connectivity index (χ1v) is 8.11. The number of halogens is 4. The van der Waals surface area contributed by atoms with Gasteiger partial charge in [0.25, 0.3) is 0 Å². The molecular weight excluding hydrogens is 362 g/mol. The Morgan fingerprint density at radius 1 is 1.19 bits per heavy atom. The summed E-state index contributed by atoms with van der Waals surface area (Å²) in [5, 5.41) is 7.57. The van der Waals surface area contributed by atoms with E-state index in [1.54, 1.807) is 31.3 Å². The standard InChI is InChI=1S/C11H14FN3.C8H7F3O/c1-2-3-6-15-11(14)8-4-5-10(13)9(12)7-8;1-6-2-4-7(5-3-6)12-8(9,10)11/h4-7,14H,2-3,13H2,1H3;2-5H,1H3. The fourth-order valence-corrected chi connectivity index (χ4v) is 1.77. The van der Waals surface area contributed by atoms with Crippen molar-refractivity contribution in [2.24, 2.45) is 4.99 Å². The highest BCUT2D eigenvalue weighted by atomic mass is 19.4. The minimum absolute atomic E-state index is 0.0577. The van der Waals surface area contributed by atoms with Crippen molar-refractivity contribution in [1.82, 2.24) is 0 Å². The van der Waals surface area contributed by atoms with Gasteiger partial charge in [0.15, 0.2) is 5.84 Å². The lowest BCUT2D eigenvalue weighted by Gasteiger charge is -2.08. The van der Waals surface area contributed by atoms with Gasteiger partial charge in [0.2, 0.25) is 0 Å². The maximum atomic E-state index is 13.1. The summed E-state index contributed by atoms with van der Waals surface area (Å²) in [6.45, 7) is 3.82. The van der Waals surface area contributed by atoms with Crippen molar-refractivity contribution < 1.29 is 22.3 Å². The molecule has 0 spiro atoms. The highest BCUT2D eigenvalue weighted by Crippen LogP contribution is 2.22. The van der Waals surface area contributed by atoms with Gasteiger partial charge in [0.1, 0.15) is 11.6 Å². The van der Waals surface area contributed by atoms with Crippen LogP contribution in [0.25, 0.3) is 0 Å². The number of anilines is 1. The molecule has 0 aliphatic rings. The van der Waals surface area contributed by atoms with Crippen LogP contribution >= 0.6 is 0 Å². The van der Waals surface area contributed by atoms with Crippen LogP contribution < -0.4 is 10.5 Å². The predicted octanol–water partition coefficient (Wildman–Crippen LogP) is 5.50. The average molecular weight is 383 g/mol. The van der Waals surface area contributed by atoms with Crippen LogP contribution in [0, 0.1) is 18.2 Å². The van der Waals surface area contributed by atoms with Crippen LogP contribution in [0.3, 0.4) is 0 Å². The van der Waals surface area contributed by atoms with Crippen LogP contribution in [0.5, 0.6) is 5.75 Å². The summed E-state index contributed by atoms with van der Waals surface area (Å²) < 4.78 is 51.6. The number of benzene rings is 2. The summed E-state index contributed by atoms with van der Waals surface area (Å²) >= 11 is 0. The van der Waals surface area contributed by atoms with Crippen molar-refractivity contribution in [3.05, 3.63) is 59.4 Å². The lowest BCUT2D eigenvalue weighted by Crippen LogP contribution is -2.16. The highest BCUT2D eigenvalue weighted by Gasteiger charge is 2.30. The Kier molecular flexibility index (Phi) is 8.44. The van der Waals surface area contributed by atoms with Crippen molar-refractivity contribution in [2.45, 2.75) is 33.1 Å². The average Bonchev–Trinajstić information content (AvgIpc) is 2.59. The molecule has 0 aliphatic heterocycles. The molecule has 4 nitrogen and oxygen atoms in total. The molecule has 8 heteroatoms. The van der Waals surface area contributed by atoms with Crippen LogP contribution in [0.1, 0.15) is 30.9 Å². The molecule has 0 saturated heterocycles. The number of aliphatic imine (C=N–C) groups is 1. The van der Waals surface area contributed by atoms with Gasteiger partial charge in [-0.1, -0.05) is 31.0 Å². The number of hydrogen-bond donors (Lipinski definition) is 2. The van der Waals surface area contributed by atoms with E-state index < -0.39 is 12.2 Å². The van der Waals surface area contributed by atoms with Crippen molar-refractivity contribution in [2.75, 3.05) is 5.73 Å². The summed E-state index contributed by atoms with van der Waals surface area (Å²) in [5.41, 5.74) is 6.75. The molecule has 0 heterocycles. The summed E-state index contributed by atoms with van der Waals surface area (Å²) in [6, 6.07) is 9.92. The van der Waals surface area contributed by atoms with E-state index in [1.807, 2.05) is 6.92 Å². The van der Waals surface area contributed by atoms with Gasteiger partial charge in [-0.15, -0.1) is 13.2 Å². The Bertz CT molecular complexity index is 772. The van der Waals surface area contributed by atoms with Crippen LogP contribution in [-0.4, -0.2) is 18.4 Å². The highest BCUT2D eigenvalue weighted by molar-refractivity contribution is 6.01. The number of aryl methyl sites for hydroxylation is 1. The summed E-state index contributed by atoms with van der Waals surface area (Å²) in [6.07, 6.45) is -1.14. The Morgan fingerprint density at radius 3 is 2.33 bits per heavy atom. The maximum absolute atomic E-state index is 13.1. The largest absolute Gasteiger partial charge is 0.573 e. The number of ether oxygens (including phenoxy) is 1. The lowest BCUT2D eigenvalue weighted by molar-refractivity contribution is -0.274. The lowest BCUT2D eigenvalue weighted by atomic mass is 10.2. The molecule has 2 rings (SSSR count). The first-order chi connectivity index (χ1) is 12.6. The van der Waals surface area contributed by atoms with Crippen molar-refractivity contribution in [3.63, 3.8) is 0 Å². The molecule has 0 bridgehead atoms. The van der Waals surface area contributed by atoms with Gasteiger partial charge in [-0.05, 0) is 43.7 Å². The quantitative estimate of drug-likeness (QED) is 0.317. The van der Waals surface area contributed by atoms with Gasteiger partial charge in [-0.2, -0.15) is 0 Å². The molecule has 0 radical (unpaired) electrons. The van der Waals surface area contributed by atoms with Gasteiger partial charge in [-0.3, -0.25) is 5.41 Å². The third-order valence-electron chi connectivity index (χ3n) is 3.17. The number of nitrogens with zero attached hydrogens (tertiary/aromatic N) is 1. The second kappa shape index (κ2) is 10.3. The summed E-state index contributed by atoms with van der Waals surface area (Å²) in [5.74, 6) is -0.640. The third kappa shape index (κ3) is 8.84. The minimum Gasteiger partial charge on any atom is -0.406 e. The van der Waals surface area contributed by atoms with E-state index in [0.29, 0.717) is 5.56 Å². The molecular formula is C19H21F4N3O. The van der Waals surface area contributed by atoms with E-state index in [2.05, 4.69) is 9.73 Å². The van der Waals surface area contributed by atoms with Crippen molar-refractivity contribution >= 4 is 17.7 Å². The van der Waals surface area contributed by atoms with E-state index in [4.69, 9.17) is 11.1 Å². The Morgan fingerprint density at radius 2 is 1.81 bits per heavy atom. The zero-order valence-electron chi connectivity index (χ0n) is 15.0. The molecule has 0 unspecified atom stereocenters. The zero-order chi connectivity index (χ0) is 20.4. The number of rotatable bonds is 4. The Labute approximate surface area is 155 Å². The molecule has 2 aromatic carbocycles. The SMILES string of the molecule is CCCC=NC(=N)c1ccc(N)c(F)c1.Cc1ccc(OC(F)(F)F)cc1. The Hall–Kier alpha value is -2.90. The van der Waals surface area contributed by atoms with Crippen LogP contribution in [-0.2, 0) is 0 Å². The smallest absolute Gasteiger partial charge is 0.406 e. The Balaban J connectivity index is 0.000000277. The molecule has 2 aromatic rings. The molecule has 0 fully saturated rings. The minimum atomic E-state index is -4.60. The number of nitrogen functional groups attached to an aromatic ring is 1. The molecule has 0 atom stereocenters. The predicted molar refractivity (Wildman–Crippen MR) is 98.9 cm³/mol. The van der Waals surface area contributed by atoms with E-state index >= 15 is 0 Å². The number of unbranched alkanes of at least 4 members (excludes halogenated alkanes) is 1. The monoisotopic (exact) mass is 383 g/mol. The summed E-state index contributed by atoms with van der Waals surface area (Å²) in [7, 11) is 0. The fraction of sp³-hybridized carbons (Fsp3) is 0.263.